The van der Waals surface area contributed by atoms with Crippen LogP contribution in [0.5, 0.6) is 0 Å². The topological polar surface area (TPSA) is 67.2 Å². The number of carbonyl (C=O) groups is 1. The van der Waals surface area contributed by atoms with Crippen molar-refractivity contribution < 1.29 is 4.79 Å². The van der Waals surface area contributed by atoms with E-state index in [4.69, 9.17) is 5.84 Å². The number of rotatable bonds is 4. The molecule has 0 saturated carbocycles. The van der Waals surface area contributed by atoms with Crippen molar-refractivity contribution in [3.63, 3.8) is 0 Å². The number of hydrogen-bond acceptors (Lipinski definition) is 3. The van der Waals surface area contributed by atoms with Crippen molar-refractivity contribution in [3.8, 4) is 0 Å². The quantitative estimate of drug-likeness (QED) is 0.445. The number of nitrogens with two attached hydrogens (primary N) is 1. The van der Waals surface area contributed by atoms with Crippen LogP contribution in [0.3, 0.4) is 0 Å². The molecule has 15 heavy (non-hydrogen) atoms. The fourth-order valence-corrected chi connectivity index (χ4v) is 1.56. The highest BCUT2D eigenvalue weighted by Gasteiger charge is 2.09. The van der Waals surface area contributed by atoms with Crippen LogP contribution < -0.4 is 16.6 Å². The van der Waals surface area contributed by atoms with Crippen LogP contribution in [0.15, 0.2) is 22.7 Å². The van der Waals surface area contributed by atoms with Crippen LogP contribution >= 0.6 is 15.9 Å². The minimum absolute atomic E-state index is 0.296. The Labute approximate surface area is 97.3 Å². The van der Waals surface area contributed by atoms with Crippen LogP contribution in [0.4, 0.5) is 5.69 Å². The maximum atomic E-state index is 11.5. The number of hydrogen-bond donors (Lipinski definition) is 3. The zero-order chi connectivity index (χ0) is 11.3. The van der Waals surface area contributed by atoms with Gasteiger partial charge in [0.25, 0.3) is 5.91 Å². The van der Waals surface area contributed by atoms with Crippen LogP contribution in [0.2, 0.25) is 0 Å². The van der Waals surface area contributed by atoms with E-state index < -0.39 is 0 Å². The van der Waals surface area contributed by atoms with Crippen molar-refractivity contribution in [1.29, 1.82) is 0 Å². The summed E-state index contributed by atoms with van der Waals surface area (Å²) in [4.78, 5) is 11.5. The minimum atomic E-state index is -0.296. The van der Waals surface area contributed by atoms with E-state index in [0.717, 1.165) is 23.1 Å². The van der Waals surface area contributed by atoms with Gasteiger partial charge in [0.05, 0.1) is 5.56 Å². The Balaban J connectivity index is 2.97. The molecule has 5 heteroatoms. The highest BCUT2D eigenvalue weighted by atomic mass is 79.9. The molecular weight excluding hydrogens is 258 g/mol. The molecule has 1 amide bonds. The molecule has 0 fully saturated rings. The standard InChI is InChI=1S/C10H14BrN3O/c1-2-5-13-9-4-3-7(11)6-8(9)10(15)14-12/h3-4,6,13H,2,5,12H2,1H3,(H,14,15). The largest absolute Gasteiger partial charge is 0.384 e. The van der Waals surface area contributed by atoms with E-state index in [1.54, 1.807) is 6.07 Å². The lowest BCUT2D eigenvalue weighted by atomic mass is 10.1. The van der Waals surface area contributed by atoms with Crippen LogP contribution in [0.25, 0.3) is 0 Å². The van der Waals surface area contributed by atoms with Crippen molar-refractivity contribution in [3.05, 3.63) is 28.2 Å². The molecule has 4 nitrogen and oxygen atoms in total. The molecule has 82 valence electrons. The third kappa shape index (κ3) is 3.21. The molecule has 0 heterocycles. The van der Waals surface area contributed by atoms with E-state index in [1.165, 1.54) is 0 Å². The molecule has 0 aromatic heterocycles. The molecule has 0 spiro atoms. The molecule has 0 unspecified atom stereocenters. The maximum Gasteiger partial charge on any atom is 0.267 e. The van der Waals surface area contributed by atoms with Crippen LogP contribution in [-0.2, 0) is 0 Å². The van der Waals surface area contributed by atoms with Crippen molar-refractivity contribution in [2.75, 3.05) is 11.9 Å². The molecule has 0 aliphatic rings. The monoisotopic (exact) mass is 271 g/mol. The lowest BCUT2D eigenvalue weighted by molar-refractivity contribution is 0.0954. The Hall–Kier alpha value is -1.07. The number of nitrogens with one attached hydrogen (secondary N) is 2. The Morgan fingerprint density at radius 3 is 2.87 bits per heavy atom. The van der Waals surface area contributed by atoms with E-state index in [-0.39, 0.29) is 5.91 Å². The summed E-state index contributed by atoms with van der Waals surface area (Å²) < 4.78 is 0.850. The van der Waals surface area contributed by atoms with Gasteiger partial charge < -0.3 is 5.32 Å². The Kier molecular flexibility index (Phi) is 4.58. The summed E-state index contributed by atoms with van der Waals surface area (Å²) in [7, 11) is 0. The number of carbonyl (C=O) groups excluding carboxylic acids is 1. The first-order valence-electron chi connectivity index (χ1n) is 4.73. The molecule has 0 aliphatic heterocycles. The number of nitrogen functional groups attached to an aromatic ring is 1. The predicted octanol–water partition coefficient (Wildman–Crippen LogP) is 1.87. The number of hydrazine groups is 1. The third-order valence-corrected chi connectivity index (χ3v) is 2.42. The number of amides is 1. The van der Waals surface area contributed by atoms with Gasteiger partial charge in [0.2, 0.25) is 0 Å². The first-order chi connectivity index (χ1) is 7.19. The zero-order valence-corrected chi connectivity index (χ0v) is 10.1. The van der Waals surface area contributed by atoms with Gasteiger partial charge in [-0.2, -0.15) is 0 Å². The average molecular weight is 272 g/mol. The van der Waals surface area contributed by atoms with Crippen molar-refractivity contribution in [2.45, 2.75) is 13.3 Å². The van der Waals surface area contributed by atoms with E-state index >= 15 is 0 Å². The fraction of sp³-hybridized carbons (Fsp3) is 0.300. The molecule has 0 aliphatic carbocycles. The van der Waals surface area contributed by atoms with Gasteiger partial charge in [-0.1, -0.05) is 22.9 Å². The smallest absolute Gasteiger partial charge is 0.267 e. The van der Waals surface area contributed by atoms with Gasteiger partial charge in [-0.25, -0.2) is 5.84 Å². The van der Waals surface area contributed by atoms with Gasteiger partial charge in [0.15, 0.2) is 0 Å². The summed E-state index contributed by atoms with van der Waals surface area (Å²) in [5.41, 5.74) is 3.46. The second-order valence-corrected chi connectivity index (χ2v) is 4.01. The van der Waals surface area contributed by atoms with Gasteiger partial charge >= 0.3 is 0 Å². The molecule has 0 saturated heterocycles. The Morgan fingerprint density at radius 2 is 2.27 bits per heavy atom. The van der Waals surface area contributed by atoms with Gasteiger partial charge in [-0.05, 0) is 24.6 Å². The molecule has 4 N–H and O–H groups in total. The second-order valence-electron chi connectivity index (χ2n) is 3.09. The zero-order valence-electron chi connectivity index (χ0n) is 8.51. The maximum absolute atomic E-state index is 11.5. The average Bonchev–Trinajstić information content (AvgIpc) is 2.26. The minimum Gasteiger partial charge on any atom is -0.384 e. The van der Waals surface area contributed by atoms with Crippen molar-refractivity contribution in [1.82, 2.24) is 5.43 Å². The first kappa shape index (κ1) is 12.0. The number of anilines is 1. The summed E-state index contributed by atoms with van der Waals surface area (Å²) in [5.74, 6) is 4.81. The van der Waals surface area contributed by atoms with Gasteiger partial charge in [0, 0.05) is 16.7 Å². The van der Waals surface area contributed by atoms with Gasteiger partial charge in [-0.3, -0.25) is 10.2 Å². The van der Waals surface area contributed by atoms with Gasteiger partial charge in [-0.15, -0.1) is 0 Å². The number of halogens is 1. The molecule has 1 rings (SSSR count). The first-order valence-corrected chi connectivity index (χ1v) is 5.52. The summed E-state index contributed by atoms with van der Waals surface area (Å²) >= 11 is 3.31. The highest BCUT2D eigenvalue weighted by molar-refractivity contribution is 9.10. The lowest BCUT2D eigenvalue weighted by Crippen LogP contribution is -2.30. The molecule has 1 aromatic rings. The second kappa shape index (κ2) is 5.72. The van der Waals surface area contributed by atoms with E-state index in [2.05, 4.69) is 33.6 Å². The van der Waals surface area contributed by atoms with Crippen molar-refractivity contribution in [2.24, 2.45) is 5.84 Å². The van der Waals surface area contributed by atoms with E-state index in [9.17, 15) is 4.79 Å². The van der Waals surface area contributed by atoms with Crippen LogP contribution in [0.1, 0.15) is 23.7 Å². The molecule has 0 radical (unpaired) electrons. The molecule has 0 atom stereocenters. The predicted molar refractivity (Wildman–Crippen MR) is 64.6 cm³/mol. The third-order valence-electron chi connectivity index (χ3n) is 1.92. The Morgan fingerprint density at radius 1 is 1.53 bits per heavy atom. The van der Waals surface area contributed by atoms with Crippen LogP contribution in [-0.4, -0.2) is 12.5 Å². The van der Waals surface area contributed by atoms with E-state index in [1.807, 2.05) is 12.1 Å². The highest BCUT2D eigenvalue weighted by Crippen LogP contribution is 2.20. The molecule has 0 bridgehead atoms. The molecular formula is C10H14BrN3O. The lowest BCUT2D eigenvalue weighted by Gasteiger charge is -2.10. The molecule has 1 aromatic carbocycles. The van der Waals surface area contributed by atoms with Crippen LogP contribution in [0, 0.1) is 0 Å². The summed E-state index contributed by atoms with van der Waals surface area (Å²) in [5, 5.41) is 3.17. The summed E-state index contributed by atoms with van der Waals surface area (Å²) in [6.45, 7) is 2.89. The summed E-state index contributed by atoms with van der Waals surface area (Å²) in [6.07, 6.45) is 1.000. The summed E-state index contributed by atoms with van der Waals surface area (Å²) in [6, 6.07) is 5.47. The fourth-order valence-electron chi connectivity index (χ4n) is 1.20. The van der Waals surface area contributed by atoms with Crippen molar-refractivity contribution >= 4 is 27.5 Å². The number of benzene rings is 1. The normalized spacial score (nSPS) is 9.80. The SMILES string of the molecule is CCCNc1ccc(Br)cc1C(=O)NN. The van der Waals surface area contributed by atoms with Gasteiger partial charge in [0.1, 0.15) is 0 Å². The Bertz CT molecular complexity index is 355. The van der Waals surface area contributed by atoms with E-state index in [0.29, 0.717) is 5.56 Å².